The number of fused-ring (bicyclic) bond motifs is 3. The quantitative estimate of drug-likeness (QED) is 0.616. The summed E-state index contributed by atoms with van der Waals surface area (Å²) in [5.74, 6) is 0.395. The summed E-state index contributed by atoms with van der Waals surface area (Å²) in [5, 5.41) is 19.3. The Hall–Kier alpha value is -3.52. The lowest BCUT2D eigenvalue weighted by molar-refractivity contribution is -0.127. The maximum atomic E-state index is 12.8. The van der Waals surface area contributed by atoms with Crippen molar-refractivity contribution in [1.82, 2.24) is 15.3 Å². The number of aryl methyl sites for hydroxylation is 1. The number of hydrogen-bond donors (Lipinski definition) is 3. The number of benzene rings is 1. The number of allylic oxidation sites excluding steroid dienone is 1. The van der Waals surface area contributed by atoms with Gasteiger partial charge in [0.15, 0.2) is 12.4 Å². The first-order valence-electron chi connectivity index (χ1n) is 10.5. The van der Waals surface area contributed by atoms with Crippen LogP contribution >= 0.6 is 0 Å². The van der Waals surface area contributed by atoms with Crippen LogP contribution in [0.25, 0.3) is 5.57 Å². The second-order valence-electron chi connectivity index (χ2n) is 7.76. The summed E-state index contributed by atoms with van der Waals surface area (Å²) in [6.07, 6.45) is 0.0812. The van der Waals surface area contributed by atoms with E-state index in [1.54, 1.807) is 6.20 Å². The molecular formula is C22H23N7O3. The van der Waals surface area contributed by atoms with Gasteiger partial charge in [0, 0.05) is 25.8 Å². The third-order valence-electron chi connectivity index (χ3n) is 5.70. The Bertz CT molecular complexity index is 1140. The maximum absolute atomic E-state index is 12.8. The van der Waals surface area contributed by atoms with Crippen molar-refractivity contribution in [3.05, 3.63) is 47.5 Å². The number of hydrogen-bond acceptors (Lipinski definition) is 9. The Kier molecular flexibility index (Phi) is 5.22. The molecule has 2 aromatic rings. The van der Waals surface area contributed by atoms with Crippen LogP contribution in [0.15, 0.2) is 36.3 Å². The minimum absolute atomic E-state index is 0.112. The molecule has 0 aliphatic carbocycles. The summed E-state index contributed by atoms with van der Waals surface area (Å²) >= 11 is 0. The van der Waals surface area contributed by atoms with Crippen LogP contribution in [0, 0.1) is 18.3 Å². The number of para-hydroxylation sites is 2. The second kappa shape index (κ2) is 8.20. The van der Waals surface area contributed by atoms with Crippen LogP contribution in [-0.2, 0) is 14.3 Å². The topological polar surface area (TPSA) is 124 Å². The smallest absolute Gasteiger partial charge is 0.258 e. The van der Waals surface area contributed by atoms with Gasteiger partial charge in [-0.2, -0.15) is 5.26 Å². The molecule has 0 saturated carbocycles. The summed E-state index contributed by atoms with van der Waals surface area (Å²) in [7, 11) is 0. The van der Waals surface area contributed by atoms with Gasteiger partial charge in [0.05, 0.1) is 17.1 Å². The van der Waals surface area contributed by atoms with Crippen LogP contribution in [0.3, 0.4) is 0 Å². The van der Waals surface area contributed by atoms with Crippen LogP contribution in [0.1, 0.15) is 18.2 Å². The number of ether oxygens (including phenoxy) is 2. The van der Waals surface area contributed by atoms with Gasteiger partial charge in [-0.15, -0.1) is 0 Å². The summed E-state index contributed by atoms with van der Waals surface area (Å²) < 4.78 is 11.3. The molecule has 0 unspecified atom stereocenters. The fourth-order valence-corrected chi connectivity index (χ4v) is 4.19. The average molecular weight is 433 g/mol. The van der Waals surface area contributed by atoms with Crippen molar-refractivity contribution in [3.8, 4) is 6.07 Å². The van der Waals surface area contributed by atoms with Gasteiger partial charge in [-0.3, -0.25) is 10.1 Å². The van der Waals surface area contributed by atoms with Gasteiger partial charge in [0.1, 0.15) is 23.6 Å². The monoisotopic (exact) mass is 433 g/mol. The molecule has 4 heterocycles. The van der Waals surface area contributed by atoms with Crippen molar-refractivity contribution >= 4 is 28.8 Å². The van der Waals surface area contributed by atoms with Gasteiger partial charge >= 0.3 is 0 Å². The molecule has 3 atom stereocenters. The summed E-state index contributed by atoms with van der Waals surface area (Å²) in [6, 6.07) is 10.2. The zero-order chi connectivity index (χ0) is 22.2. The highest BCUT2D eigenvalue weighted by atomic mass is 16.7. The Morgan fingerprint density at radius 1 is 1.34 bits per heavy atom. The lowest BCUT2D eigenvalue weighted by atomic mass is 10.1. The van der Waals surface area contributed by atoms with Crippen molar-refractivity contribution < 1.29 is 14.3 Å². The number of nitrogens with zero attached hydrogens (tertiary/aromatic N) is 4. The molecule has 2 fully saturated rings. The van der Waals surface area contributed by atoms with E-state index in [0.717, 1.165) is 16.9 Å². The maximum Gasteiger partial charge on any atom is 0.258 e. The van der Waals surface area contributed by atoms with E-state index >= 15 is 0 Å². The molecule has 0 spiro atoms. The number of amides is 1. The zero-order valence-electron chi connectivity index (χ0n) is 17.8. The van der Waals surface area contributed by atoms with Gasteiger partial charge in [-0.1, -0.05) is 12.1 Å². The third kappa shape index (κ3) is 3.46. The highest BCUT2D eigenvalue weighted by molar-refractivity contribution is 5.94. The number of anilines is 3. The number of carbonyl (C=O) groups is 1. The number of rotatable bonds is 4. The van der Waals surface area contributed by atoms with Crippen molar-refractivity contribution in [2.45, 2.75) is 32.3 Å². The molecule has 1 aromatic heterocycles. The Morgan fingerprint density at radius 3 is 2.97 bits per heavy atom. The second-order valence-corrected chi connectivity index (χ2v) is 7.76. The molecule has 0 radical (unpaired) electrons. The lowest BCUT2D eigenvalue weighted by Gasteiger charge is -2.20. The van der Waals surface area contributed by atoms with E-state index in [0.29, 0.717) is 36.7 Å². The number of morpholine rings is 1. The van der Waals surface area contributed by atoms with E-state index in [4.69, 9.17) is 9.47 Å². The molecule has 32 heavy (non-hydrogen) atoms. The fourth-order valence-electron chi connectivity index (χ4n) is 4.19. The van der Waals surface area contributed by atoms with E-state index in [9.17, 15) is 10.1 Å². The van der Waals surface area contributed by atoms with Gasteiger partial charge in [0.2, 0.25) is 5.95 Å². The molecule has 3 N–H and O–H groups in total. The number of carbonyl (C=O) groups excluding carboxylic acids is 1. The summed E-state index contributed by atoms with van der Waals surface area (Å²) in [4.78, 5) is 23.6. The van der Waals surface area contributed by atoms with E-state index < -0.39 is 12.4 Å². The van der Waals surface area contributed by atoms with Gasteiger partial charge in [-0.25, -0.2) is 9.97 Å². The van der Waals surface area contributed by atoms with Crippen molar-refractivity contribution in [3.63, 3.8) is 0 Å². The number of aromatic nitrogens is 2. The third-order valence-corrected chi connectivity index (χ3v) is 5.70. The zero-order valence-corrected chi connectivity index (χ0v) is 17.8. The fraction of sp³-hybridized carbons (Fsp3) is 0.364. The Labute approximate surface area is 185 Å². The lowest BCUT2D eigenvalue weighted by Crippen LogP contribution is -2.43. The van der Waals surface area contributed by atoms with E-state index in [1.807, 2.05) is 43.0 Å². The van der Waals surface area contributed by atoms with Gasteiger partial charge in [-0.05, 0) is 31.5 Å². The molecule has 2 saturated heterocycles. The van der Waals surface area contributed by atoms with Gasteiger partial charge < -0.3 is 25.0 Å². The minimum Gasteiger partial charge on any atom is -0.343 e. The first-order valence-corrected chi connectivity index (χ1v) is 10.5. The molecule has 5 rings (SSSR count). The Balaban J connectivity index is 1.45. The molecule has 3 aliphatic heterocycles. The van der Waals surface area contributed by atoms with Crippen LogP contribution in [0.5, 0.6) is 0 Å². The SMILES string of the molecule is CCN1C(=C(C#N)c2nc(NC(=O)[C@H]3O[C@H]4CNC[C@@H]3O4)ncc2C)Nc2ccccc21. The number of nitrogens with one attached hydrogen (secondary N) is 3. The molecule has 1 amide bonds. The highest BCUT2D eigenvalue weighted by Crippen LogP contribution is 2.38. The number of nitriles is 1. The van der Waals surface area contributed by atoms with Gasteiger partial charge in [0.25, 0.3) is 5.91 Å². The minimum atomic E-state index is -0.737. The normalized spacial score (nSPS) is 25.0. The Morgan fingerprint density at radius 2 is 2.19 bits per heavy atom. The first-order chi connectivity index (χ1) is 15.6. The molecule has 164 valence electrons. The molecule has 10 nitrogen and oxygen atoms in total. The molecule has 10 heteroatoms. The average Bonchev–Trinajstić information content (AvgIpc) is 3.32. The van der Waals surface area contributed by atoms with Crippen LogP contribution in [0.2, 0.25) is 0 Å². The van der Waals surface area contributed by atoms with E-state index in [-0.39, 0.29) is 18.0 Å². The van der Waals surface area contributed by atoms with E-state index in [1.165, 1.54) is 0 Å². The van der Waals surface area contributed by atoms with Crippen LogP contribution in [0.4, 0.5) is 17.3 Å². The van der Waals surface area contributed by atoms with Crippen molar-refractivity contribution in [2.24, 2.45) is 0 Å². The van der Waals surface area contributed by atoms with E-state index in [2.05, 4.69) is 32.0 Å². The molecular weight excluding hydrogens is 410 g/mol. The predicted octanol–water partition coefficient (Wildman–Crippen LogP) is 1.58. The predicted molar refractivity (Wildman–Crippen MR) is 117 cm³/mol. The van der Waals surface area contributed by atoms with Crippen LogP contribution < -0.4 is 20.9 Å². The first kappa shape index (κ1) is 20.4. The highest BCUT2D eigenvalue weighted by Gasteiger charge is 2.43. The standard InChI is InChI=1S/C22H23N7O3/c1-3-29-15-7-5-4-6-14(15)26-20(29)13(8-23)18-12(2)9-25-22(27-18)28-21(30)19-16-10-24-11-17(31-16)32-19/h4-7,9,16-17,19,24,26H,3,10-11H2,1-2H3,(H,25,27,28,30)/t16-,17-,19-/m0/s1. The largest absolute Gasteiger partial charge is 0.343 e. The molecule has 1 aromatic carbocycles. The molecule has 2 bridgehead atoms. The summed E-state index contributed by atoms with van der Waals surface area (Å²) in [5.41, 5.74) is 3.47. The van der Waals surface area contributed by atoms with Crippen molar-refractivity contribution in [1.29, 1.82) is 5.26 Å². The van der Waals surface area contributed by atoms with Crippen molar-refractivity contribution in [2.75, 3.05) is 35.2 Å². The van der Waals surface area contributed by atoms with Crippen LogP contribution in [-0.4, -0.2) is 54.0 Å². The summed E-state index contributed by atoms with van der Waals surface area (Å²) in [6.45, 7) is 5.62. The molecule has 3 aliphatic rings.